The van der Waals surface area contributed by atoms with Crippen LogP contribution in [0, 0.1) is 17.0 Å². The number of benzene rings is 2. The molecule has 0 saturated heterocycles. The molecule has 0 unspecified atom stereocenters. The van der Waals surface area contributed by atoms with Crippen molar-refractivity contribution >= 4 is 52.1 Å². The first kappa shape index (κ1) is 19.3. The lowest BCUT2D eigenvalue weighted by molar-refractivity contribution is -0.384. The number of carbonyl (C=O) groups is 1. The van der Waals surface area contributed by atoms with Gasteiger partial charge in [0.05, 0.1) is 4.92 Å². The molecule has 0 aliphatic carbocycles. The third-order valence-electron chi connectivity index (χ3n) is 3.38. The average Bonchev–Trinajstić information content (AvgIpc) is 2.54. The predicted molar refractivity (Wildman–Crippen MR) is 99.4 cm³/mol. The molecule has 1 amide bonds. The number of nitrogens with zero attached hydrogens (tertiary/aromatic N) is 1. The molecule has 2 N–H and O–H groups in total. The number of non-ortho nitro benzene ring substituents is 1. The first-order valence-electron chi connectivity index (χ1n) is 7.12. The fourth-order valence-corrected chi connectivity index (χ4v) is 2.41. The van der Waals surface area contributed by atoms with Crippen molar-refractivity contribution in [2.45, 2.75) is 16.9 Å². The molecule has 0 bridgehead atoms. The number of amides is 1. The van der Waals surface area contributed by atoms with Crippen LogP contribution >= 0.6 is 34.8 Å². The van der Waals surface area contributed by atoms with Crippen molar-refractivity contribution in [2.75, 3.05) is 5.32 Å². The summed E-state index contributed by atoms with van der Waals surface area (Å²) in [5.74, 6) is -0.413. The van der Waals surface area contributed by atoms with Crippen LogP contribution in [0.15, 0.2) is 48.5 Å². The minimum atomic E-state index is -1.85. The summed E-state index contributed by atoms with van der Waals surface area (Å²) in [5, 5.41) is 16.2. The maximum atomic E-state index is 12.4. The largest absolute Gasteiger partial charge is 0.362 e. The molecule has 9 heteroatoms. The normalized spacial score (nSPS) is 12.3. The molecule has 1 atom stereocenters. The highest BCUT2D eigenvalue weighted by Crippen LogP contribution is 2.31. The minimum absolute atomic E-state index is 0.0695. The van der Waals surface area contributed by atoms with Gasteiger partial charge in [0.2, 0.25) is 3.79 Å². The van der Waals surface area contributed by atoms with Crippen LogP contribution < -0.4 is 10.6 Å². The number of hydrogen-bond acceptors (Lipinski definition) is 4. The Morgan fingerprint density at radius 2 is 1.72 bits per heavy atom. The minimum Gasteiger partial charge on any atom is -0.362 e. The summed E-state index contributed by atoms with van der Waals surface area (Å²) in [7, 11) is 0. The molecule has 0 fully saturated rings. The third-order valence-corrected chi connectivity index (χ3v) is 4.04. The molecule has 0 heterocycles. The quantitative estimate of drug-likeness (QED) is 0.335. The van der Waals surface area contributed by atoms with Gasteiger partial charge >= 0.3 is 0 Å². The van der Waals surface area contributed by atoms with E-state index in [2.05, 4.69) is 10.6 Å². The zero-order valence-corrected chi connectivity index (χ0v) is 15.3. The number of aryl methyl sites for hydroxylation is 1. The van der Waals surface area contributed by atoms with E-state index in [0.29, 0.717) is 11.3 Å². The zero-order valence-electron chi connectivity index (χ0n) is 13.0. The fourth-order valence-electron chi connectivity index (χ4n) is 2.08. The van der Waals surface area contributed by atoms with Gasteiger partial charge in [-0.05, 0) is 30.7 Å². The first-order chi connectivity index (χ1) is 11.7. The van der Waals surface area contributed by atoms with Gasteiger partial charge in [-0.15, -0.1) is 0 Å². The average molecular weight is 403 g/mol. The Kier molecular flexibility index (Phi) is 6.11. The Hall–Kier alpha value is -2.02. The lowest BCUT2D eigenvalue weighted by Gasteiger charge is -2.27. The van der Waals surface area contributed by atoms with Gasteiger partial charge in [0.25, 0.3) is 11.6 Å². The molecule has 0 saturated carbocycles. The van der Waals surface area contributed by atoms with Crippen LogP contribution in [0.25, 0.3) is 0 Å². The fraction of sp³-hybridized carbons (Fsp3) is 0.188. The van der Waals surface area contributed by atoms with Crippen molar-refractivity contribution in [1.82, 2.24) is 5.32 Å². The highest BCUT2D eigenvalue weighted by Gasteiger charge is 2.34. The van der Waals surface area contributed by atoms with Crippen molar-refractivity contribution in [2.24, 2.45) is 0 Å². The number of anilines is 1. The number of halogens is 3. The van der Waals surface area contributed by atoms with Gasteiger partial charge in [0, 0.05) is 23.4 Å². The molecule has 0 radical (unpaired) electrons. The van der Waals surface area contributed by atoms with Crippen molar-refractivity contribution in [3.63, 3.8) is 0 Å². The Labute approximate surface area is 159 Å². The van der Waals surface area contributed by atoms with Crippen LogP contribution in [0.2, 0.25) is 0 Å². The summed E-state index contributed by atoms with van der Waals surface area (Å²) in [6.07, 6.45) is -1.05. The molecular formula is C16H14Cl3N3O3. The van der Waals surface area contributed by atoms with Gasteiger partial charge in [-0.2, -0.15) is 0 Å². The summed E-state index contributed by atoms with van der Waals surface area (Å²) in [6, 6.07) is 12.5. The van der Waals surface area contributed by atoms with Gasteiger partial charge in [0.15, 0.2) is 0 Å². The van der Waals surface area contributed by atoms with Crippen molar-refractivity contribution in [3.8, 4) is 0 Å². The Morgan fingerprint density at radius 1 is 1.12 bits per heavy atom. The molecule has 0 aliphatic rings. The monoisotopic (exact) mass is 401 g/mol. The molecule has 25 heavy (non-hydrogen) atoms. The summed E-state index contributed by atoms with van der Waals surface area (Å²) in [5.41, 5.74) is 1.61. The lowest BCUT2D eigenvalue weighted by atomic mass is 10.1. The van der Waals surface area contributed by atoms with Gasteiger partial charge in [-0.3, -0.25) is 14.9 Å². The smallest absolute Gasteiger partial charge is 0.269 e. The number of nitro benzene ring substituents is 1. The number of carbonyl (C=O) groups excluding carboxylic acids is 1. The van der Waals surface area contributed by atoms with E-state index in [4.69, 9.17) is 34.8 Å². The molecule has 0 spiro atoms. The molecular weight excluding hydrogens is 389 g/mol. The second-order valence-electron chi connectivity index (χ2n) is 5.21. The van der Waals surface area contributed by atoms with Crippen LogP contribution in [-0.2, 0) is 0 Å². The highest BCUT2D eigenvalue weighted by atomic mass is 35.6. The van der Waals surface area contributed by atoms with E-state index in [1.54, 1.807) is 25.1 Å². The number of nitro groups is 1. The summed E-state index contributed by atoms with van der Waals surface area (Å²) in [6.45, 7) is 1.79. The van der Waals surface area contributed by atoms with Crippen LogP contribution in [0.1, 0.15) is 15.9 Å². The number of nitrogens with one attached hydrogen (secondary N) is 2. The SMILES string of the molecule is Cc1ccccc1C(=O)N[C@@H](Nc1ccc([N+](=O)[O-])cc1)C(Cl)(Cl)Cl. The van der Waals surface area contributed by atoms with Crippen LogP contribution in [0.5, 0.6) is 0 Å². The third kappa shape index (κ3) is 5.22. The van der Waals surface area contributed by atoms with Crippen LogP contribution in [-0.4, -0.2) is 20.8 Å². The summed E-state index contributed by atoms with van der Waals surface area (Å²) < 4.78 is -1.85. The number of rotatable bonds is 5. The number of hydrogen-bond donors (Lipinski definition) is 2. The highest BCUT2D eigenvalue weighted by molar-refractivity contribution is 6.68. The maximum absolute atomic E-state index is 12.4. The first-order valence-corrected chi connectivity index (χ1v) is 8.26. The van der Waals surface area contributed by atoms with Gasteiger partial charge in [-0.25, -0.2) is 0 Å². The standard InChI is InChI=1S/C16H14Cl3N3O3/c1-10-4-2-3-5-13(10)14(23)21-15(16(17,18)19)20-11-6-8-12(9-7-11)22(24)25/h2-9,15,20H,1H3,(H,21,23)/t15-/m1/s1. The Morgan fingerprint density at radius 3 is 2.24 bits per heavy atom. The van der Waals surface area contributed by atoms with Crippen molar-refractivity contribution < 1.29 is 9.72 Å². The molecule has 0 aromatic heterocycles. The van der Waals surface area contributed by atoms with Crippen LogP contribution in [0.4, 0.5) is 11.4 Å². The van der Waals surface area contributed by atoms with Gasteiger partial charge < -0.3 is 10.6 Å². The van der Waals surface area contributed by atoms with Crippen molar-refractivity contribution in [3.05, 3.63) is 69.8 Å². The van der Waals surface area contributed by atoms with Crippen LogP contribution in [0.3, 0.4) is 0 Å². The summed E-state index contributed by atoms with van der Waals surface area (Å²) in [4.78, 5) is 22.6. The van der Waals surface area contributed by atoms with E-state index in [0.717, 1.165) is 5.56 Å². The predicted octanol–water partition coefficient (Wildman–Crippen LogP) is 4.44. The zero-order chi connectivity index (χ0) is 18.6. The molecule has 132 valence electrons. The van der Waals surface area contributed by atoms with E-state index in [1.165, 1.54) is 24.3 Å². The Balaban J connectivity index is 2.18. The topological polar surface area (TPSA) is 84.3 Å². The molecule has 2 aromatic rings. The lowest BCUT2D eigenvalue weighted by Crippen LogP contribution is -2.49. The van der Waals surface area contributed by atoms with E-state index in [-0.39, 0.29) is 5.69 Å². The van der Waals surface area contributed by atoms with E-state index in [1.807, 2.05) is 6.07 Å². The molecule has 2 rings (SSSR count). The molecule has 2 aromatic carbocycles. The number of alkyl halides is 3. The van der Waals surface area contributed by atoms with E-state index < -0.39 is 20.8 Å². The second-order valence-corrected chi connectivity index (χ2v) is 7.58. The van der Waals surface area contributed by atoms with Gasteiger partial charge in [0.1, 0.15) is 6.17 Å². The van der Waals surface area contributed by atoms with Crippen molar-refractivity contribution in [1.29, 1.82) is 0 Å². The van der Waals surface area contributed by atoms with Gasteiger partial charge in [-0.1, -0.05) is 53.0 Å². The molecule has 0 aliphatic heterocycles. The van der Waals surface area contributed by atoms with E-state index in [9.17, 15) is 14.9 Å². The molecule has 6 nitrogen and oxygen atoms in total. The Bertz CT molecular complexity index is 776. The summed E-state index contributed by atoms with van der Waals surface area (Å²) >= 11 is 17.8. The maximum Gasteiger partial charge on any atom is 0.269 e. The second kappa shape index (κ2) is 7.91. The van der Waals surface area contributed by atoms with E-state index >= 15 is 0 Å².